The fourth-order valence-corrected chi connectivity index (χ4v) is 2.12. The van der Waals surface area contributed by atoms with Gasteiger partial charge in [0.1, 0.15) is 5.82 Å². The summed E-state index contributed by atoms with van der Waals surface area (Å²) in [5, 5.41) is 3.23. The molecule has 1 N–H and O–H groups in total. The van der Waals surface area contributed by atoms with Crippen molar-refractivity contribution >= 4 is 18.3 Å². The van der Waals surface area contributed by atoms with Gasteiger partial charge in [-0.3, -0.25) is 4.79 Å². The van der Waals surface area contributed by atoms with Crippen LogP contribution < -0.4 is 5.32 Å². The molecular weight excluding hydrogens is 255 g/mol. The number of amides is 1. The summed E-state index contributed by atoms with van der Waals surface area (Å²) in [6, 6.07) is 6.64. The van der Waals surface area contributed by atoms with Crippen LogP contribution in [0.2, 0.25) is 0 Å². The molecule has 3 nitrogen and oxygen atoms in total. The number of benzene rings is 1. The molecule has 0 spiro atoms. The first kappa shape index (κ1) is 14.9. The number of rotatable bonds is 2. The van der Waals surface area contributed by atoms with Crippen molar-refractivity contribution in [2.24, 2.45) is 0 Å². The zero-order chi connectivity index (χ0) is 12.3. The summed E-state index contributed by atoms with van der Waals surface area (Å²) in [5.41, 5.74) is 0.475. The molecular formula is C13H18ClFN2O. The van der Waals surface area contributed by atoms with Gasteiger partial charge >= 0.3 is 0 Å². The Morgan fingerprint density at radius 2 is 2.22 bits per heavy atom. The summed E-state index contributed by atoms with van der Waals surface area (Å²) in [4.78, 5) is 13.9. The summed E-state index contributed by atoms with van der Waals surface area (Å²) in [6.07, 6.45) is 0.150. The Morgan fingerprint density at radius 3 is 2.89 bits per heavy atom. The Hall–Kier alpha value is -1.13. The highest BCUT2D eigenvalue weighted by atomic mass is 35.5. The number of carbonyl (C=O) groups excluding carboxylic acids is 1. The van der Waals surface area contributed by atoms with Crippen LogP contribution in [0.4, 0.5) is 4.39 Å². The summed E-state index contributed by atoms with van der Waals surface area (Å²) in [6.45, 7) is 4.33. The molecule has 100 valence electrons. The van der Waals surface area contributed by atoms with E-state index in [0.29, 0.717) is 12.1 Å². The van der Waals surface area contributed by atoms with Crippen LogP contribution in [0.3, 0.4) is 0 Å². The van der Waals surface area contributed by atoms with Crippen LogP contribution in [-0.4, -0.2) is 36.5 Å². The van der Waals surface area contributed by atoms with Gasteiger partial charge in [0, 0.05) is 25.7 Å². The molecule has 1 heterocycles. The highest BCUT2D eigenvalue weighted by Gasteiger charge is 2.23. The number of hydrogen-bond donors (Lipinski definition) is 1. The molecule has 18 heavy (non-hydrogen) atoms. The fraction of sp³-hybridized carbons (Fsp3) is 0.462. The average Bonchev–Trinajstić information content (AvgIpc) is 2.32. The lowest BCUT2D eigenvalue weighted by Crippen LogP contribution is -2.52. The van der Waals surface area contributed by atoms with Crippen molar-refractivity contribution < 1.29 is 9.18 Å². The lowest BCUT2D eigenvalue weighted by Gasteiger charge is -2.34. The molecule has 1 fully saturated rings. The lowest BCUT2D eigenvalue weighted by molar-refractivity contribution is -0.133. The maximum atomic E-state index is 13.4. The Labute approximate surface area is 113 Å². The molecule has 2 rings (SSSR count). The Bertz CT molecular complexity index is 414. The SMILES string of the molecule is C[C@H]1CNCCN1C(=O)Cc1ccccc1F.Cl. The summed E-state index contributed by atoms with van der Waals surface area (Å²) >= 11 is 0. The van der Waals surface area contributed by atoms with Gasteiger partial charge in [0.2, 0.25) is 5.91 Å². The molecule has 0 aliphatic carbocycles. The van der Waals surface area contributed by atoms with Crippen LogP contribution in [0.25, 0.3) is 0 Å². The van der Waals surface area contributed by atoms with Crippen LogP contribution in [-0.2, 0) is 11.2 Å². The van der Waals surface area contributed by atoms with Gasteiger partial charge in [-0.25, -0.2) is 4.39 Å². The molecule has 1 aromatic carbocycles. The maximum absolute atomic E-state index is 13.4. The highest BCUT2D eigenvalue weighted by molar-refractivity contribution is 5.85. The first-order valence-electron chi connectivity index (χ1n) is 5.92. The quantitative estimate of drug-likeness (QED) is 0.887. The summed E-state index contributed by atoms with van der Waals surface area (Å²) in [5.74, 6) is -0.298. The summed E-state index contributed by atoms with van der Waals surface area (Å²) < 4.78 is 13.4. The molecule has 1 atom stereocenters. The minimum atomic E-state index is -0.302. The third-order valence-electron chi connectivity index (χ3n) is 3.12. The van der Waals surface area contributed by atoms with E-state index in [2.05, 4.69) is 5.32 Å². The third-order valence-corrected chi connectivity index (χ3v) is 3.12. The smallest absolute Gasteiger partial charge is 0.227 e. The van der Waals surface area contributed by atoms with Gasteiger partial charge in [0.15, 0.2) is 0 Å². The van der Waals surface area contributed by atoms with E-state index in [4.69, 9.17) is 0 Å². The van der Waals surface area contributed by atoms with Gasteiger partial charge in [-0.1, -0.05) is 18.2 Å². The van der Waals surface area contributed by atoms with Gasteiger partial charge in [0.05, 0.1) is 6.42 Å². The molecule has 1 saturated heterocycles. The van der Waals surface area contributed by atoms with Crippen molar-refractivity contribution in [3.8, 4) is 0 Å². The Balaban J connectivity index is 0.00000162. The molecule has 0 aromatic heterocycles. The van der Waals surface area contributed by atoms with E-state index < -0.39 is 0 Å². The maximum Gasteiger partial charge on any atom is 0.227 e. The second kappa shape index (κ2) is 6.71. The van der Waals surface area contributed by atoms with E-state index >= 15 is 0 Å². The van der Waals surface area contributed by atoms with Crippen molar-refractivity contribution in [1.29, 1.82) is 0 Å². The molecule has 5 heteroatoms. The monoisotopic (exact) mass is 272 g/mol. The van der Waals surface area contributed by atoms with Crippen molar-refractivity contribution in [3.05, 3.63) is 35.6 Å². The van der Waals surface area contributed by atoms with E-state index in [1.807, 2.05) is 11.8 Å². The number of nitrogens with one attached hydrogen (secondary N) is 1. The minimum absolute atomic E-state index is 0. The van der Waals surface area contributed by atoms with Gasteiger partial charge in [0.25, 0.3) is 0 Å². The van der Waals surface area contributed by atoms with Gasteiger partial charge in [-0.05, 0) is 18.6 Å². The molecule has 1 aromatic rings. The molecule has 0 bridgehead atoms. The topological polar surface area (TPSA) is 32.3 Å². The largest absolute Gasteiger partial charge is 0.337 e. The van der Waals surface area contributed by atoms with Gasteiger partial charge in [-0.2, -0.15) is 0 Å². The number of carbonyl (C=O) groups is 1. The van der Waals surface area contributed by atoms with Crippen LogP contribution >= 0.6 is 12.4 Å². The van der Waals surface area contributed by atoms with Crippen LogP contribution in [0.1, 0.15) is 12.5 Å². The van der Waals surface area contributed by atoms with E-state index in [9.17, 15) is 9.18 Å². The number of piperazine rings is 1. The number of hydrogen-bond acceptors (Lipinski definition) is 2. The zero-order valence-electron chi connectivity index (χ0n) is 10.4. The van der Waals surface area contributed by atoms with Crippen molar-refractivity contribution in [2.45, 2.75) is 19.4 Å². The molecule has 1 aliphatic rings. The minimum Gasteiger partial charge on any atom is -0.337 e. The predicted molar refractivity (Wildman–Crippen MR) is 71.4 cm³/mol. The van der Waals surface area contributed by atoms with Crippen molar-refractivity contribution in [1.82, 2.24) is 10.2 Å². The van der Waals surface area contributed by atoms with E-state index in [0.717, 1.165) is 13.1 Å². The first-order valence-corrected chi connectivity index (χ1v) is 5.92. The standard InChI is InChI=1S/C13H17FN2O.ClH/c1-10-9-15-6-7-16(10)13(17)8-11-4-2-3-5-12(11)14;/h2-5,10,15H,6-9H2,1H3;1H/t10-;/m0./s1. The van der Waals surface area contributed by atoms with E-state index in [1.165, 1.54) is 6.07 Å². The van der Waals surface area contributed by atoms with E-state index in [-0.39, 0.29) is 36.6 Å². The second-order valence-corrected chi connectivity index (χ2v) is 4.41. The first-order chi connectivity index (χ1) is 8.18. The fourth-order valence-electron chi connectivity index (χ4n) is 2.12. The van der Waals surface area contributed by atoms with Crippen LogP contribution in [0, 0.1) is 5.82 Å². The van der Waals surface area contributed by atoms with Gasteiger partial charge < -0.3 is 10.2 Å². The average molecular weight is 273 g/mol. The van der Waals surface area contributed by atoms with E-state index in [1.54, 1.807) is 18.2 Å². The van der Waals surface area contributed by atoms with Gasteiger partial charge in [-0.15, -0.1) is 12.4 Å². The Morgan fingerprint density at radius 1 is 1.50 bits per heavy atom. The molecule has 0 unspecified atom stereocenters. The second-order valence-electron chi connectivity index (χ2n) is 4.41. The summed E-state index contributed by atoms with van der Waals surface area (Å²) in [7, 11) is 0. The molecule has 1 amide bonds. The van der Waals surface area contributed by atoms with Crippen LogP contribution in [0.15, 0.2) is 24.3 Å². The van der Waals surface area contributed by atoms with Crippen molar-refractivity contribution in [2.75, 3.05) is 19.6 Å². The third kappa shape index (κ3) is 3.43. The molecule has 1 aliphatic heterocycles. The molecule has 0 saturated carbocycles. The van der Waals surface area contributed by atoms with Crippen molar-refractivity contribution in [3.63, 3.8) is 0 Å². The van der Waals surface area contributed by atoms with Crippen LogP contribution in [0.5, 0.6) is 0 Å². The Kier molecular flexibility index (Phi) is 5.56. The number of halogens is 2. The lowest BCUT2D eigenvalue weighted by atomic mass is 10.1. The predicted octanol–water partition coefficient (Wildman–Crippen LogP) is 1.61. The number of nitrogens with zero attached hydrogens (tertiary/aromatic N) is 1. The normalized spacial score (nSPS) is 19.2. The zero-order valence-corrected chi connectivity index (χ0v) is 11.2. The highest BCUT2D eigenvalue weighted by Crippen LogP contribution is 2.11. The molecule has 0 radical (unpaired) electrons.